The van der Waals surface area contributed by atoms with Crippen molar-refractivity contribution in [3.8, 4) is 0 Å². The van der Waals surface area contributed by atoms with Gasteiger partial charge in [0.1, 0.15) is 6.10 Å². The van der Waals surface area contributed by atoms with E-state index in [0.29, 0.717) is 29.7 Å². The molecule has 9 atom stereocenters. The van der Waals surface area contributed by atoms with Crippen molar-refractivity contribution in [2.24, 2.45) is 35.0 Å². The first-order valence-electron chi connectivity index (χ1n) is 12.9. The summed E-state index contributed by atoms with van der Waals surface area (Å²) in [6.45, 7) is 16.8. The Morgan fingerprint density at radius 2 is 1.91 bits per heavy atom. The number of cyclic esters (lactones) is 1. The van der Waals surface area contributed by atoms with Crippen molar-refractivity contribution >= 4 is 5.97 Å². The van der Waals surface area contributed by atoms with E-state index in [2.05, 4.69) is 46.1 Å². The summed E-state index contributed by atoms with van der Waals surface area (Å²) in [4.78, 5) is 11.9. The lowest BCUT2D eigenvalue weighted by Gasteiger charge is -2.44. The molecular formula is C29H42O4. The first-order valence-corrected chi connectivity index (χ1v) is 12.9. The molecule has 0 aromatic rings. The molecular weight excluding hydrogens is 412 g/mol. The molecule has 4 rings (SSSR count). The molecule has 0 aromatic carbocycles. The van der Waals surface area contributed by atoms with Gasteiger partial charge in [0.2, 0.25) is 0 Å². The number of esters is 1. The molecule has 4 fully saturated rings. The second-order valence-electron chi connectivity index (χ2n) is 11.6. The molecule has 4 heteroatoms. The number of rotatable bonds is 4. The Morgan fingerprint density at radius 3 is 2.58 bits per heavy atom. The largest absolute Gasteiger partial charge is 0.458 e. The third-order valence-corrected chi connectivity index (χ3v) is 9.76. The second-order valence-corrected chi connectivity index (χ2v) is 11.6. The maximum absolute atomic E-state index is 11.9. The van der Waals surface area contributed by atoms with Gasteiger partial charge in [-0.25, -0.2) is 4.79 Å². The number of carbonyl (C=O) groups excluding carboxylic acids is 1. The average Bonchev–Trinajstić information content (AvgIpc) is 3.25. The molecule has 182 valence electrons. The normalized spacial score (nSPS) is 44.9. The highest BCUT2D eigenvalue weighted by Gasteiger charge is 2.51. The maximum Gasteiger partial charge on any atom is 0.334 e. The highest BCUT2D eigenvalue weighted by atomic mass is 16.6. The molecule has 3 aliphatic carbocycles. The van der Waals surface area contributed by atoms with E-state index in [1.165, 1.54) is 31.3 Å². The van der Waals surface area contributed by atoms with Gasteiger partial charge < -0.3 is 14.9 Å². The molecule has 2 N–H and O–H groups in total. The Morgan fingerprint density at radius 1 is 1.18 bits per heavy atom. The molecule has 0 aromatic heterocycles. The van der Waals surface area contributed by atoms with Gasteiger partial charge in [-0.3, -0.25) is 0 Å². The van der Waals surface area contributed by atoms with Crippen molar-refractivity contribution in [2.75, 3.05) is 0 Å². The molecule has 0 radical (unpaired) electrons. The van der Waals surface area contributed by atoms with Gasteiger partial charge in [-0.1, -0.05) is 58.6 Å². The Bertz CT molecular complexity index is 882. The highest BCUT2D eigenvalue weighted by molar-refractivity contribution is 5.90. The fourth-order valence-electron chi connectivity index (χ4n) is 7.37. The van der Waals surface area contributed by atoms with Gasteiger partial charge in [0.25, 0.3) is 0 Å². The first kappa shape index (κ1) is 24.5. The van der Waals surface area contributed by atoms with Gasteiger partial charge in [-0.05, 0) is 79.3 Å². The van der Waals surface area contributed by atoms with E-state index in [4.69, 9.17) is 4.74 Å². The van der Waals surface area contributed by atoms with E-state index in [9.17, 15) is 15.0 Å². The lowest BCUT2D eigenvalue weighted by Crippen LogP contribution is -2.37. The number of hydrogen-bond acceptors (Lipinski definition) is 4. The minimum absolute atomic E-state index is 0.0384. The fourth-order valence-corrected chi connectivity index (χ4v) is 7.37. The van der Waals surface area contributed by atoms with Gasteiger partial charge in [0.05, 0.1) is 12.2 Å². The smallest absolute Gasteiger partial charge is 0.334 e. The predicted molar refractivity (Wildman–Crippen MR) is 131 cm³/mol. The van der Waals surface area contributed by atoms with Gasteiger partial charge in [0, 0.05) is 17.4 Å². The van der Waals surface area contributed by atoms with Crippen LogP contribution in [-0.2, 0) is 9.53 Å². The van der Waals surface area contributed by atoms with Crippen LogP contribution in [0.25, 0.3) is 0 Å². The number of allylic oxidation sites excluding steroid dienone is 3. The van der Waals surface area contributed by atoms with E-state index in [0.717, 1.165) is 24.0 Å². The molecule has 1 heterocycles. The SMILES string of the molecule is C=C1C(=O)O[C@@H](C[C@@H](C)[C@H]2CC[C@H]3/C(=C/C=C4/C[C@@H](O)[C@H](C)[C@H](O)C4=C)CCC[C@]23C)[C@@H]1C. The van der Waals surface area contributed by atoms with Gasteiger partial charge >= 0.3 is 5.97 Å². The van der Waals surface area contributed by atoms with Crippen molar-refractivity contribution in [1.82, 2.24) is 0 Å². The van der Waals surface area contributed by atoms with E-state index >= 15 is 0 Å². The molecule has 1 saturated heterocycles. The first-order chi connectivity index (χ1) is 15.5. The zero-order valence-corrected chi connectivity index (χ0v) is 20.8. The van der Waals surface area contributed by atoms with Crippen LogP contribution in [0.4, 0.5) is 0 Å². The van der Waals surface area contributed by atoms with E-state index in [-0.39, 0.29) is 29.3 Å². The van der Waals surface area contributed by atoms with Crippen LogP contribution in [0.5, 0.6) is 0 Å². The number of aliphatic hydroxyl groups excluding tert-OH is 2. The van der Waals surface area contributed by atoms with Crippen molar-refractivity contribution in [2.45, 2.75) is 91.0 Å². The van der Waals surface area contributed by atoms with Crippen LogP contribution in [0.2, 0.25) is 0 Å². The van der Waals surface area contributed by atoms with Crippen LogP contribution in [0, 0.1) is 35.0 Å². The molecule has 0 amide bonds. The number of ether oxygens (including phenoxy) is 1. The monoisotopic (exact) mass is 454 g/mol. The fraction of sp³-hybridized carbons (Fsp3) is 0.690. The molecule has 0 bridgehead atoms. The van der Waals surface area contributed by atoms with Gasteiger partial charge in [-0.2, -0.15) is 0 Å². The maximum atomic E-state index is 11.9. The van der Waals surface area contributed by atoms with Gasteiger partial charge in [0.15, 0.2) is 0 Å². The summed E-state index contributed by atoms with van der Waals surface area (Å²) in [6, 6.07) is 0. The van der Waals surface area contributed by atoms with E-state index in [1.807, 2.05) is 6.92 Å². The summed E-state index contributed by atoms with van der Waals surface area (Å²) < 4.78 is 5.64. The summed E-state index contributed by atoms with van der Waals surface area (Å²) >= 11 is 0. The Balaban J connectivity index is 1.49. The van der Waals surface area contributed by atoms with Crippen molar-refractivity contribution in [3.05, 3.63) is 47.6 Å². The number of fused-ring (bicyclic) bond motifs is 1. The summed E-state index contributed by atoms with van der Waals surface area (Å²) in [5, 5.41) is 20.8. The van der Waals surface area contributed by atoms with E-state index in [1.54, 1.807) is 0 Å². The number of carbonyl (C=O) groups is 1. The molecule has 3 saturated carbocycles. The Labute approximate surface area is 199 Å². The summed E-state index contributed by atoms with van der Waals surface area (Å²) in [6.07, 6.45) is 10.6. The number of hydrogen-bond donors (Lipinski definition) is 2. The molecule has 1 aliphatic heterocycles. The van der Waals surface area contributed by atoms with Crippen LogP contribution < -0.4 is 0 Å². The number of aliphatic hydroxyl groups is 2. The average molecular weight is 455 g/mol. The van der Waals surface area contributed by atoms with Crippen LogP contribution >= 0.6 is 0 Å². The quantitative estimate of drug-likeness (QED) is 0.434. The molecule has 4 nitrogen and oxygen atoms in total. The van der Waals surface area contributed by atoms with Gasteiger partial charge in [-0.15, -0.1) is 0 Å². The zero-order valence-electron chi connectivity index (χ0n) is 20.8. The molecule has 4 aliphatic rings. The topological polar surface area (TPSA) is 66.8 Å². The standard InChI is InChI=1S/C29H42O4/c1-16(14-26-17(2)18(3)28(32)33-26)23-11-12-24-21(8-7-13-29(23,24)6)9-10-22-15-25(30)20(5)27(31)19(22)4/h9-10,16-17,20,23-27,30-31H,3-4,7-8,11-15H2,1-2,5-6H3/b21-9+,22-10-/t16-,17-,20+,23-,24+,25-,26+,27-,29-/m1/s1. The highest BCUT2D eigenvalue weighted by Crippen LogP contribution is 2.60. The Kier molecular flexibility index (Phi) is 6.81. The van der Waals surface area contributed by atoms with Crippen LogP contribution in [-0.4, -0.2) is 34.5 Å². The summed E-state index contributed by atoms with van der Waals surface area (Å²) in [5.74, 6) is 1.40. The molecule has 0 spiro atoms. The van der Waals surface area contributed by atoms with Crippen LogP contribution in [0.1, 0.15) is 72.6 Å². The summed E-state index contributed by atoms with van der Waals surface area (Å²) in [5.41, 5.74) is 4.13. The van der Waals surface area contributed by atoms with Crippen molar-refractivity contribution in [1.29, 1.82) is 0 Å². The van der Waals surface area contributed by atoms with Crippen LogP contribution in [0.15, 0.2) is 47.6 Å². The third kappa shape index (κ3) is 4.30. The minimum atomic E-state index is -0.671. The Hall–Kier alpha value is -1.65. The minimum Gasteiger partial charge on any atom is -0.458 e. The lowest BCUT2D eigenvalue weighted by atomic mass is 9.60. The second kappa shape index (κ2) is 9.19. The van der Waals surface area contributed by atoms with E-state index < -0.39 is 12.2 Å². The molecule has 33 heavy (non-hydrogen) atoms. The lowest BCUT2D eigenvalue weighted by molar-refractivity contribution is -0.140. The zero-order chi connectivity index (χ0) is 24.1. The third-order valence-electron chi connectivity index (χ3n) is 9.76. The predicted octanol–water partition coefficient (Wildman–Crippen LogP) is 5.52. The van der Waals surface area contributed by atoms with Crippen molar-refractivity contribution in [3.63, 3.8) is 0 Å². The molecule has 0 unspecified atom stereocenters. The van der Waals surface area contributed by atoms with Crippen molar-refractivity contribution < 1.29 is 19.7 Å². The van der Waals surface area contributed by atoms with Crippen LogP contribution in [0.3, 0.4) is 0 Å². The summed E-state index contributed by atoms with van der Waals surface area (Å²) in [7, 11) is 0.